The highest BCUT2D eigenvalue weighted by atomic mass is 35.5. The summed E-state index contributed by atoms with van der Waals surface area (Å²) in [7, 11) is 0. The van der Waals surface area contributed by atoms with Crippen molar-refractivity contribution in [2.45, 2.75) is 58.3 Å². The average molecular weight is 407 g/mol. The first-order chi connectivity index (χ1) is 14.1. The van der Waals surface area contributed by atoms with E-state index in [0.717, 1.165) is 30.7 Å². The molecule has 1 aliphatic rings. The molecule has 0 spiro atoms. The van der Waals surface area contributed by atoms with Crippen LogP contribution in [0, 0.1) is 41.3 Å². The summed E-state index contributed by atoms with van der Waals surface area (Å²) in [4.78, 5) is 0. The molecular formula is C27H28ClF. The molecule has 3 rings (SSSR count). The molecule has 0 radical (unpaired) electrons. The van der Waals surface area contributed by atoms with Gasteiger partial charge in [-0.3, -0.25) is 0 Å². The van der Waals surface area contributed by atoms with Crippen LogP contribution in [0.3, 0.4) is 0 Å². The van der Waals surface area contributed by atoms with Gasteiger partial charge in [0, 0.05) is 22.9 Å². The number of aryl methyl sites for hydroxylation is 1. The van der Waals surface area contributed by atoms with Crippen LogP contribution in [-0.4, -0.2) is 0 Å². The number of benzene rings is 2. The van der Waals surface area contributed by atoms with E-state index in [1.807, 2.05) is 12.1 Å². The third-order valence-electron chi connectivity index (χ3n) is 5.60. The molecule has 0 heterocycles. The second-order valence-corrected chi connectivity index (χ2v) is 8.33. The third-order valence-corrected chi connectivity index (χ3v) is 5.83. The van der Waals surface area contributed by atoms with Gasteiger partial charge in [0.15, 0.2) is 0 Å². The molecular weight excluding hydrogens is 379 g/mol. The van der Waals surface area contributed by atoms with E-state index < -0.39 is 0 Å². The Labute approximate surface area is 179 Å². The van der Waals surface area contributed by atoms with E-state index in [0.29, 0.717) is 16.5 Å². The summed E-state index contributed by atoms with van der Waals surface area (Å²) in [5.41, 5.74) is 2.61. The number of halogens is 2. The monoisotopic (exact) mass is 406 g/mol. The van der Waals surface area contributed by atoms with Crippen molar-refractivity contribution in [1.29, 1.82) is 0 Å². The van der Waals surface area contributed by atoms with Crippen LogP contribution in [0.4, 0.5) is 4.39 Å². The molecule has 1 fully saturated rings. The van der Waals surface area contributed by atoms with Gasteiger partial charge in [0.05, 0.1) is 5.56 Å². The van der Waals surface area contributed by atoms with Crippen LogP contribution in [-0.2, 0) is 6.42 Å². The molecule has 0 nitrogen and oxygen atoms in total. The second kappa shape index (κ2) is 11.1. The molecule has 0 amide bonds. The summed E-state index contributed by atoms with van der Waals surface area (Å²) in [6, 6.07) is 12.9. The van der Waals surface area contributed by atoms with Crippen molar-refractivity contribution < 1.29 is 4.39 Å². The first-order valence-electron chi connectivity index (χ1n) is 10.7. The van der Waals surface area contributed by atoms with Crippen LogP contribution < -0.4 is 0 Å². The van der Waals surface area contributed by atoms with Gasteiger partial charge in [0.2, 0.25) is 0 Å². The number of rotatable bonds is 4. The molecule has 150 valence electrons. The Morgan fingerprint density at radius 3 is 2.45 bits per heavy atom. The van der Waals surface area contributed by atoms with E-state index in [1.54, 1.807) is 12.1 Å². The minimum atomic E-state index is -0.382. The highest BCUT2D eigenvalue weighted by Gasteiger charge is 2.19. The summed E-state index contributed by atoms with van der Waals surface area (Å²) in [6.07, 6.45) is 9.68. The molecule has 1 saturated carbocycles. The fourth-order valence-corrected chi connectivity index (χ4v) is 3.95. The Hall–Kier alpha value is -2.22. The lowest BCUT2D eigenvalue weighted by atomic mass is 9.80. The fraction of sp³-hybridized carbons (Fsp3) is 0.407. The first-order valence-corrected chi connectivity index (χ1v) is 11.1. The van der Waals surface area contributed by atoms with Gasteiger partial charge >= 0.3 is 0 Å². The zero-order valence-corrected chi connectivity index (χ0v) is 17.9. The topological polar surface area (TPSA) is 0 Å². The van der Waals surface area contributed by atoms with Crippen LogP contribution in [0.1, 0.15) is 68.6 Å². The van der Waals surface area contributed by atoms with Crippen LogP contribution in [0.5, 0.6) is 0 Å². The Morgan fingerprint density at radius 1 is 1.00 bits per heavy atom. The van der Waals surface area contributed by atoms with Gasteiger partial charge in [-0.25, -0.2) is 4.39 Å². The predicted molar refractivity (Wildman–Crippen MR) is 120 cm³/mol. The van der Waals surface area contributed by atoms with Gasteiger partial charge in [0.25, 0.3) is 0 Å². The van der Waals surface area contributed by atoms with Crippen LogP contribution in [0.15, 0.2) is 42.5 Å². The summed E-state index contributed by atoms with van der Waals surface area (Å²) in [6.45, 7) is 2.18. The Kier molecular flexibility index (Phi) is 8.22. The van der Waals surface area contributed by atoms with E-state index in [2.05, 4.69) is 42.7 Å². The maximum atomic E-state index is 13.8. The largest absolute Gasteiger partial charge is 0.206 e. The minimum Gasteiger partial charge on any atom is -0.206 e. The zero-order valence-electron chi connectivity index (χ0n) is 17.1. The lowest BCUT2D eigenvalue weighted by Gasteiger charge is -2.25. The molecule has 1 aliphatic carbocycles. The molecule has 0 bridgehead atoms. The molecule has 0 aromatic heterocycles. The Balaban J connectivity index is 1.47. The maximum Gasteiger partial charge on any atom is 0.140 e. The lowest BCUT2D eigenvalue weighted by molar-refractivity contribution is 0.301. The van der Waals surface area contributed by atoms with E-state index in [4.69, 9.17) is 11.6 Å². The number of hydrogen-bond donors (Lipinski definition) is 0. The maximum absolute atomic E-state index is 13.8. The van der Waals surface area contributed by atoms with E-state index in [-0.39, 0.29) is 5.82 Å². The van der Waals surface area contributed by atoms with Crippen molar-refractivity contribution in [2.75, 3.05) is 0 Å². The highest BCUT2D eigenvalue weighted by molar-refractivity contribution is 6.30. The summed E-state index contributed by atoms with van der Waals surface area (Å²) in [5.74, 6) is 13.8. The van der Waals surface area contributed by atoms with Crippen molar-refractivity contribution in [2.24, 2.45) is 11.8 Å². The number of hydrogen-bond acceptors (Lipinski definition) is 0. The molecule has 0 aliphatic heterocycles. The summed E-state index contributed by atoms with van der Waals surface area (Å²) >= 11 is 5.78. The minimum absolute atomic E-state index is 0.369. The van der Waals surface area contributed by atoms with Crippen molar-refractivity contribution in [1.82, 2.24) is 0 Å². The van der Waals surface area contributed by atoms with Crippen LogP contribution >= 0.6 is 11.6 Å². The van der Waals surface area contributed by atoms with Crippen molar-refractivity contribution >= 4 is 11.6 Å². The molecule has 0 unspecified atom stereocenters. The fourth-order valence-electron chi connectivity index (χ4n) is 3.79. The quantitative estimate of drug-likeness (QED) is 0.463. The Morgan fingerprint density at radius 2 is 1.76 bits per heavy atom. The van der Waals surface area contributed by atoms with E-state index >= 15 is 0 Å². The van der Waals surface area contributed by atoms with E-state index in [9.17, 15) is 4.39 Å². The normalized spacial score (nSPS) is 18.3. The Bertz CT molecular complexity index is 913. The van der Waals surface area contributed by atoms with Crippen LogP contribution in [0.2, 0.25) is 5.02 Å². The first kappa shape index (κ1) is 21.5. The molecule has 0 saturated heterocycles. The van der Waals surface area contributed by atoms with E-state index in [1.165, 1.54) is 43.7 Å². The third kappa shape index (κ3) is 6.96. The van der Waals surface area contributed by atoms with Crippen molar-refractivity contribution in [3.05, 3.63) is 70.0 Å². The highest BCUT2D eigenvalue weighted by Crippen LogP contribution is 2.31. The van der Waals surface area contributed by atoms with Crippen molar-refractivity contribution in [3.8, 4) is 23.7 Å². The summed E-state index contributed by atoms with van der Waals surface area (Å²) in [5, 5.41) is 0.385. The summed E-state index contributed by atoms with van der Waals surface area (Å²) < 4.78 is 13.8. The zero-order chi connectivity index (χ0) is 20.5. The SMILES string of the molecule is CCCC#CC1CCC(CCc2ccc(C#Cc3ccc(Cl)cc3F)cc2)CC1. The van der Waals surface area contributed by atoms with Crippen LogP contribution in [0.25, 0.3) is 0 Å². The van der Waals surface area contributed by atoms with Gasteiger partial charge in [0.1, 0.15) is 5.82 Å². The molecule has 2 heteroatoms. The van der Waals surface area contributed by atoms with Gasteiger partial charge in [-0.15, -0.1) is 5.92 Å². The van der Waals surface area contributed by atoms with Gasteiger partial charge in [-0.05, 0) is 86.8 Å². The van der Waals surface area contributed by atoms with Crippen molar-refractivity contribution in [3.63, 3.8) is 0 Å². The average Bonchev–Trinajstić information content (AvgIpc) is 2.73. The van der Waals surface area contributed by atoms with Gasteiger partial charge in [-0.2, -0.15) is 0 Å². The molecule has 29 heavy (non-hydrogen) atoms. The number of unbranched alkanes of at least 4 members (excludes halogenated alkanes) is 1. The molecule has 2 aromatic carbocycles. The predicted octanol–water partition coefficient (Wildman–Crippen LogP) is 7.42. The molecule has 0 N–H and O–H groups in total. The van der Waals surface area contributed by atoms with Gasteiger partial charge in [-0.1, -0.05) is 48.4 Å². The molecule has 0 atom stereocenters. The molecule has 2 aromatic rings. The smallest absolute Gasteiger partial charge is 0.140 e. The standard InChI is InChI=1S/C27H28ClF/c1-2-3-4-5-21-6-8-22(9-7-21)10-11-23-12-14-24(15-13-23)16-17-25-18-19-26(28)20-27(25)29/h12-15,18-22H,2-3,6-11H2,1H3. The van der Waals surface area contributed by atoms with Gasteiger partial charge < -0.3 is 0 Å². The lowest BCUT2D eigenvalue weighted by Crippen LogP contribution is -2.14. The second-order valence-electron chi connectivity index (χ2n) is 7.90.